The van der Waals surface area contributed by atoms with Crippen molar-refractivity contribution < 1.29 is 9.90 Å². The maximum Gasteiger partial charge on any atom is 0.242 e. The van der Waals surface area contributed by atoms with E-state index < -0.39 is 0 Å². The van der Waals surface area contributed by atoms with Crippen molar-refractivity contribution >= 4 is 57.3 Å². The third-order valence-electron chi connectivity index (χ3n) is 5.35. The van der Waals surface area contributed by atoms with Crippen molar-refractivity contribution in [1.29, 1.82) is 0 Å². The number of thioether (sulfide) groups is 1. The average molecular weight is 493 g/mol. The summed E-state index contributed by atoms with van der Waals surface area (Å²) in [5.74, 6) is 0.507. The molecule has 2 atom stereocenters. The van der Waals surface area contributed by atoms with Crippen molar-refractivity contribution in [2.75, 3.05) is 4.90 Å². The topological polar surface area (TPSA) is 53.4 Å². The Balaban J connectivity index is 1.74. The highest BCUT2D eigenvalue weighted by molar-refractivity contribution is 8.01. The Morgan fingerprint density at radius 3 is 2.58 bits per heavy atom. The number of aromatic nitrogens is 1. The fraction of sp³-hybridized carbons (Fsp3) is 0.304. The molecule has 2 heterocycles. The number of hydrogen-bond acceptors (Lipinski definition) is 5. The SMILES string of the molecule is Cc1cc(O)c(C(C)C)cc1-c1csc(N2C(=O)C(C)SC2c2ccc(Cl)c(Cl)c2)n1. The van der Waals surface area contributed by atoms with Crippen LogP contribution in [0.4, 0.5) is 5.13 Å². The van der Waals surface area contributed by atoms with Crippen LogP contribution in [0.25, 0.3) is 11.3 Å². The summed E-state index contributed by atoms with van der Waals surface area (Å²) in [4.78, 5) is 19.6. The number of amides is 1. The molecule has 1 amide bonds. The number of phenols is 1. The number of halogens is 2. The second-order valence-corrected chi connectivity index (χ2v) is 11.0. The second kappa shape index (κ2) is 8.66. The van der Waals surface area contributed by atoms with Gasteiger partial charge in [0.1, 0.15) is 11.1 Å². The minimum atomic E-state index is -0.219. The summed E-state index contributed by atoms with van der Waals surface area (Å²) < 4.78 is 0. The lowest BCUT2D eigenvalue weighted by molar-refractivity contribution is -0.117. The van der Waals surface area contributed by atoms with Crippen LogP contribution in [0.1, 0.15) is 48.8 Å². The number of aryl methyl sites for hydroxylation is 1. The molecule has 8 heteroatoms. The van der Waals surface area contributed by atoms with Gasteiger partial charge in [-0.05, 0) is 60.7 Å². The van der Waals surface area contributed by atoms with Gasteiger partial charge in [-0.25, -0.2) is 4.98 Å². The van der Waals surface area contributed by atoms with Gasteiger partial charge in [0.2, 0.25) is 5.91 Å². The van der Waals surface area contributed by atoms with Crippen molar-refractivity contribution in [3.63, 3.8) is 0 Å². The molecule has 31 heavy (non-hydrogen) atoms. The molecule has 1 N–H and O–H groups in total. The van der Waals surface area contributed by atoms with E-state index in [1.165, 1.54) is 11.3 Å². The lowest BCUT2D eigenvalue weighted by atomic mass is 9.95. The Labute approximate surface area is 200 Å². The Kier molecular flexibility index (Phi) is 6.28. The fourth-order valence-electron chi connectivity index (χ4n) is 3.66. The molecular weight excluding hydrogens is 471 g/mol. The van der Waals surface area contributed by atoms with E-state index in [4.69, 9.17) is 28.2 Å². The molecule has 1 saturated heterocycles. The van der Waals surface area contributed by atoms with Crippen molar-refractivity contribution in [2.45, 2.75) is 44.2 Å². The summed E-state index contributed by atoms with van der Waals surface area (Å²) in [6, 6.07) is 9.24. The summed E-state index contributed by atoms with van der Waals surface area (Å²) >= 11 is 15.3. The zero-order valence-electron chi connectivity index (χ0n) is 17.5. The van der Waals surface area contributed by atoms with E-state index >= 15 is 0 Å². The van der Waals surface area contributed by atoms with Crippen LogP contribution in [0, 0.1) is 6.92 Å². The number of thiazole rings is 1. The monoisotopic (exact) mass is 492 g/mol. The number of rotatable bonds is 4. The maximum absolute atomic E-state index is 13.0. The zero-order chi connectivity index (χ0) is 22.4. The minimum absolute atomic E-state index is 0.0206. The Hall–Kier alpha value is -1.73. The molecule has 2 unspecified atom stereocenters. The van der Waals surface area contributed by atoms with E-state index in [1.54, 1.807) is 28.8 Å². The largest absolute Gasteiger partial charge is 0.508 e. The molecule has 3 aromatic rings. The predicted molar refractivity (Wildman–Crippen MR) is 132 cm³/mol. The standard InChI is InChI=1S/C23H22Cl2N2O2S2/c1-11(2)15-9-16(12(3)7-20(15)28)19-10-30-23(26-19)27-21(29)13(4)31-22(27)14-5-6-17(24)18(25)8-14/h5-11,13,22,28H,1-4H3. The lowest BCUT2D eigenvalue weighted by Gasteiger charge is -2.21. The molecular formula is C23H22Cl2N2O2S2. The molecule has 1 aromatic heterocycles. The summed E-state index contributed by atoms with van der Waals surface area (Å²) in [6.07, 6.45) is 0. The number of aromatic hydroxyl groups is 1. The van der Waals surface area contributed by atoms with Gasteiger partial charge in [0.15, 0.2) is 5.13 Å². The number of carbonyl (C=O) groups is 1. The van der Waals surface area contributed by atoms with Crippen LogP contribution < -0.4 is 4.90 Å². The number of benzene rings is 2. The summed E-state index contributed by atoms with van der Waals surface area (Å²) in [5, 5.41) is 13.4. The molecule has 1 aliphatic heterocycles. The van der Waals surface area contributed by atoms with Crippen LogP contribution in [0.2, 0.25) is 10.0 Å². The third kappa shape index (κ3) is 4.19. The third-order valence-corrected chi connectivity index (χ3v) is 8.28. The van der Waals surface area contributed by atoms with Crippen LogP contribution in [0.15, 0.2) is 35.7 Å². The van der Waals surface area contributed by atoms with Gasteiger partial charge in [-0.15, -0.1) is 23.1 Å². The molecule has 0 saturated carbocycles. The fourth-order valence-corrected chi connectivity index (χ4v) is 6.13. The van der Waals surface area contributed by atoms with Crippen molar-refractivity contribution in [3.8, 4) is 17.0 Å². The maximum atomic E-state index is 13.0. The number of hydrogen-bond donors (Lipinski definition) is 1. The first-order chi connectivity index (χ1) is 14.7. The molecule has 1 fully saturated rings. The van der Waals surface area contributed by atoms with E-state index in [0.29, 0.717) is 20.9 Å². The first kappa shape index (κ1) is 22.5. The van der Waals surface area contributed by atoms with Gasteiger partial charge in [0.05, 0.1) is 21.0 Å². The highest BCUT2D eigenvalue weighted by atomic mass is 35.5. The van der Waals surface area contributed by atoms with Crippen molar-refractivity contribution in [3.05, 3.63) is 62.4 Å². The van der Waals surface area contributed by atoms with Gasteiger partial charge in [0.25, 0.3) is 0 Å². The average Bonchev–Trinajstić information content (AvgIpc) is 3.29. The molecule has 0 aliphatic carbocycles. The normalized spacial score (nSPS) is 18.9. The van der Waals surface area contributed by atoms with E-state index in [0.717, 1.165) is 27.9 Å². The Morgan fingerprint density at radius 1 is 1.16 bits per heavy atom. The molecule has 1 aliphatic rings. The van der Waals surface area contributed by atoms with Crippen LogP contribution >= 0.6 is 46.3 Å². The van der Waals surface area contributed by atoms with Gasteiger partial charge < -0.3 is 5.11 Å². The minimum Gasteiger partial charge on any atom is -0.508 e. The number of nitrogens with zero attached hydrogens (tertiary/aromatic N) is 2. The van der Waals surface area contributed by atoms with Crippen molar-refractivity contribution in [2.24, 2.45) is 0 Å². The highest BCUT2D eigenvalue weighted by Crippen LogP contribution is 2.48. The van der Waals surface area contributed by atoms with Gasteiger partial charge in [0, 0.05) is 10.9 Å². The van der Waals surface area contributed by atoms with Crippen LogP contribution in [-0.4, -0.2) is 21.2 Å². The molecule has 0 bridgehead atoms. The smallest absolute Gasteiger partial charge is 0.242 e. The summed E-state index contributed by atoms with van der Waals surface area (Å²) in [7, 11) is 0. The van der Waals surface area contributed by atoms with Crippen LogP contribution in [0.3, 0.4) is 0 Å². The Morgan fingerprint density at radius 2 is 1.90 bits per heavy atom. The predicted octanol–water partition coefficient (Wildman–Crippen LogP) is 7.42. The van der Waals surface area contributed by atoms with Crippen LogP contribution in [-0.2, 0) is 4.79 Å². The van der Waals surface area contributed by atoms with E-state index in [2.05, 4.69) is 0 Å². The molecule has 4 rings (SSSR count). The van der Waals surface area contributed by atoms with E-state index in [1.807, 2.05) is 51.3 Å². The van der Waals surface area contributed by atoms with E-state index in [9.17, 15) is 9.90 Å². The van der Waals surface area contributed by atoms with Gasteiger partial charge in [-0.3, -0.25) is 9.69 Å². The Bertz CT molecular complexity index is 1160. The molecule has 4 nitrogen and oxygen atoms in total. The molecule has 2 aromatic carbocycles. The molecule has 162 valence electrons. The second-order valence-electron chi connectivity index (χ2n) is 7.91. The van der Waals surface area contributed by atoms with Gasteiger partial charge in [-0.1, -0.05) is 43.1 Å². The molecule has 0 radical (unpaired) electrons. The highest BCUT2D eigenvalue weighted by Gasteiger charge is 2.41. The first-order valence-corrected chi connectivity index (χ1v) is 12.5. The summed E-state index contributed by atoms with van der Waals surface area (Å²) in [5.41, 5.74) is 4.49. The van der Waals surface area contributed by atoms with Crippen molar-refractivity contribution in [1.82, 2.24) is 4.98 Å². The van der Waals surface area contributed by atoms with Crippen LogP contribution in [0.5, 0.6) is 5.75 Å². The first-order valence-electron chi connectivity index (χ1n) is 9.90. The number of phenolic OH excluding ortho intramolecular Hbond substituents is 1. The number of anilines is 1. The van der Waals surface area contributed by atoms with E-state index in [-0.39, 0.29) is 22.4 Å². The number of carbonyl (C=O) groups excluding carboxylic acids is 1. The lowest BCUT2D eigenvalue weighted by Crippen LogP contribution is -2.30. The summed E-state index contributed by atoms with van der Waals surface area (Å²) in [6.45, 7) is 7.95. The van der Waals surface area contributed by atoms with Gasteiger partial charge in [-0.2, -0.15) is 0 Å². The molecule has 0 spiro atoms. The van der Waals surface area contributed by atoms with Gasteiger partial charge >= 0.3 is 0 Å². The zero-order valence-corrected chi connectivity index (χ0v) is 20.7. The quantitative estimate of drug-likeness (QED) is 0.411.